The van der Waals surface area contributed by atoms with E-state index in [4.69, 9.17) is 23.2 Å². The zero-order chi connectivity index (χ0) is 13.7. The molecule has 1 aromatic carbocycles. The van der Waals surface area contributed by atoms with Crippen molar-refractivity contribution in [2.45, 2.75) is 17.7 Å². The predicted octanol–water partition coefficient (Wildman–Crippen LogP) is 3.15. The Morgan fingerprint density at radius 2 is 1.89 bits per heavy atom. The largest absolute Gasteiger partial charge is 0.325 e. The Morgan fingerprint density at radius 1 is 1.26 bits per heavy atom. The normalized spacial score (nSPS) is 24.2. The van der Waals surface area contributed by atoms with Crippen LogP contribution in [0.3, 0.4) is 0 Å². The highest BCUT2D eigenvalue weighted by Crippen LogP contribution is 2.64. The molecule has 1 saturated carbocycles. The molecule has 1 heterocycles. The van der Waals surface area contributed by atoms with Gasteiger partial charge in [0.25, 0.3) is 0 Å². The van der Waals surface area contributed by atoms with Crippen molar-refractivity contribution in [3.05, 3.63) is 30.6 Å². The van der Waals surface area contributed by atoms with Crippen molar-refractivity contribution in [3.63, 3.8) is 0 Å². The zero-order valence-corrected chi connectivity index (χ0v) is 11.7. The van der Waals surface area contributed by atoms with Crippen molar-refractivity contribution in [3.8, 4) is 0 Å². The lowest BCUT2D eigenvalue weighted by molar-refractivity contribution is -0.120. The smallest absolute Gasteiger partial charge is 0.233 e. The van der Waals surface area contributed by atoms with Gasteiger partial charge in [-0.1, -0.05) is 0 Å². The van der Waals surface area contributed by atoms with E-state index in [1.807, 2.05) is 6.07 Å². The number of hydrogen-bond donors (Lipinski definition) is 1. The molecule has 1 aromatic heterocycles. The standard InChI is InChI=1S/C13H11Cl2N3O/c1-12(7-13(12,14)15)11(19)18-8-2-3-9-10(6-8)17-5-4-16-9/h2-6H,7H2,1H3,(H,18,19)/t12-/m0/s1. The first-order chi connectivity index (χ1) is 8.92. The summed E-state index contributed by atoms with van der Waals surface area (Å²) in [6, 6.07) is 5.36. The molecular weight excluding hydrogens is 285 g/mol. The summed E-state index contributed by atoms with van der Waals surface area (Å²) in [5.41, 5.74) is 1.44. The first-order valence-electron chi connectivity index (χ1n) is 5.82. The molecule has 0 aliphatic heterocycles. The lowest BCUT2D eigenvalue weighted by Gasteiger charge is -2.12. The molecule has 1 aliphatic carbocycles. The number of anilines is 1. The lowest BCUT2D eigenvalue weighted by atomic mass is 10.1. The second-order valence-electron chi connectivity index (χ2n) is 4.93. The third-order valence-electron chi connectivity index (χ3n) is 3.49. The van der Waals surface area contributed by atoms with Gasteiger partial charge in [0.15, 0.2) is 0 Å². The van der Waals surface area contributed by atoms with Crippen molar-refractivity contribution in [2.75, 3.05) is 5.32 Å². The van der Waals surface area contributed by atoms with Gasteiger partial charge in [-0.2, -0.15) is 0 Å². The Balaban J connectivity index is 1.84. The fourth-order valence-electron chi connectivity index (χ4n) is 1.96. The molecule has 3 rings (SSSR count). The van der Waals surface area contributed by atoms with Crippen LogP contribution in [0.15, 0.2) is 30.6 Å². The van der Waals surface area contributed by atoms with Crippen molar-refractivity contribution in [1.82, 2.24) is 9.97 Å². The van der Waals surface area contributed by atoms with Crippen LogP contribution in [0.4, 0.5) is 5.69 Å². The van der Waals surface area contributed by atoms with Crippen LogP contribution in [0.25, 0.3) is 11.0 Å². The third-order valence-corrected chi connectivity index (χ3v) is 4.59. The first-order valence-corrected chi connectivity index (χ1v) is 6.58. The van der Waals surface area contributed by atoms with Crippen LogP contribution in [0.1, 0.15) is 13.3 Å². The van der Waals surface area contributed by atoms with E-state index in [0.717, 1.165) is 11.0 Å². The maximum atomic E-state index is 12.1. The molecule has 6 heteroatoms. The van der Waals surface area contributed by atoms with E-state index >= 15 is 0 Å². The van der Waals surface area contributed by atoms with E-state index < -0.39 is 9.75 Å². The van der Waals surface area contributed by atoms with Crippen LogP contribution in [-0.4, -0.2) is 20.2 Å². The molecule has 1 atom stereocenters. The van der Waals surface area contributed by atoms with Crippen molar-refractivity contribution >= 4 is 45.8 Å². The summed E-state index contributed by atoms with van der Waals surface area (Å²) in [4.78, 5) is 20.5. The van der Waals surface area contributed by atoms with Gasteiger partial charge in [-0.3, -0.25) is 14.8 Å². The van der Waals surface area contributed by atoms with Crippen LogP contribution in [0, 0.1) is 5.41 Å². The van der Waals surface area contributed by atoms with Gasteiger partial charge in [0.2, 0.25) is 5.91 Å². The Bertz CT molecular complexity index is 674. The van der Waals surface area contributed by atoms with Crippen LogP contribution in [0.5, 0.6) is 0 Å². The fourth-order valence-corrected chi connectivity index (χ4v) is 2.66. The SMILES string of the molecule is C[C@@]1(C(=O)Nc2ccc3nccnc3c2)CC1(Cl)Cl. The number of carbonyl (C=O) groups excluding carboxylic acids is 1. The summed E-state index contributed by atoms with van der Waals surface area (Å²) in [5.74, 6) is -0.180. The fraction of sp³-hybridized carbons (Fsp3) is 0.308. The summed E-state index contributed by atoms with van der Waals surface area (Å²) in [6.45, 7) is 1.75. The quantitative estimate of drug-likeness (QED) is 0.866. The Hall–Kier alpha value is -1.39. The van der Waals surface area contributed by atoms with Gasteiger partial charge < -0.3 is 5.32 Å². The van der Waals surface area contributed by atoms with E-state index in [0.29, 0.717) is 12.1 Å². The molecular formula is C13H11Cl2N3O. The molecule has 98 valence electrons. The average Bonchev–Trinajstić information content (AvgIpc) is 2.90. The summed E-state index contributed by atoms with van der Waals surface area (Å²) >= 11 is 12.0. The molecule has 0 radical (unpaired) electrons. The highest BCUT2D eigenvalue weighted by Gasteiger charge is 2.67. The number of aromatic nitrogens is 2. The van der Waals surface area contributed by atoms with Gasteiger partial charge in [-0.25, -0.2) is 0 Å². The van der Waals surface area contributed by atoms with Gasteiger partial charge >= 0.3 is 0 Å². The van der Waals surface area contributed by atoms with Gasteiger partial charge in [-0.05, 0) is 31.5 Å². The molecule has 1 fully saturated rings. The van der Waals surface area contributed by atoms with Gasteiger partial charge in [-0.15, -0.1) is 23.2 Å². The predicted molar refractivity (Wildman–Crippen MR) is 75.3 cm³/mol. The molecule has 19 heavy (non-hydrogen) atoms. The van der Waals surface area contributed by atoms with Crippen LogP contribution >= 0.6 is 23.2 Å². The van der Waals surface area contributed by atoms with E-state index in [2.05, 4.69) is 15.3 Å². The number of nitrogens with one attached hydrogen (secondary N) is 1. The highest BCUT2D eigenvalue weighted by molar-refractivity contribution is 6.53. The molecule has 1 amide bonds. The molecule has 0 unspecified atom stereocenters. The number of halogens is 2. The summed E-state index contributed by atoms with van der Waals surface area (Å²) in [6.07, 6.45) is 3.70. The number of fused-ring (bicyclic) bond motifs is 1. The van der Waals surface area contributed by atoms with Crippen LogP contribution in [-0.2, 0) is 4.79 Å². The Kier molecular flexibility index (Phi) is 2.69. The van der Waals surface area contributed by atoms with Crippen molar-refractivity contribution < 1.29 is 4.79 Å². The van der Waals surface area contributed by atoms with Crippen molar-refractivity contribution in [2.24, 2.45) is 5.41 Å². The molecule has 0 spiro atoms. The Morgan fingerprint density at radius 3 is 2.53 bits per heavy atom. The molecule has 0 bridgehead atoms. The molecule has 4 nitrogen and oxygen atoms in total. The number of nitrogens with zero attached hydrogens (tertiary/aromatic N) is 2. The lowest BCUT2D eigenvalue weighted by Crippen LogP contribution is -2.25. The first kappa shape index (κ1) is 12.6. The third kappa shape index (κ3) is 2.05. The average molecular weight is 296 g/mol. The highest BCUT2D eigenvalue weighted by atomic mass is 35.5. The molecule has 1 aliphatic rings. The zero-order valence-electron chi connectivity index (χ0n) is 10.2. The second kappa shape index (κ2) is 4.05. The summed E-state index contributed by atoms with van der Waals surface area (Å²) < 4.78 is -0.965. The maximum Gasteiger partial charge on any atom is 0.233 e. The second-order valence-corrected chi connectivity index (χ2v) is 6.41. The van der Waals surface area contributed by atoms with Gasteiger partial charge in [0, 0.05) is 18.1 Å². The maximum absolute atomic E-state index is 12.1. The minimum absolute atomic E-state index is 0.180. The number of alkyl halides is 2. The number of amides is 1. The van der Waals surface area contributed by atoms with Crippen LogP contribution in [0.2, 0.25) is 0 Å². The molecule has 1 N–H and O–H groups in total. The number of carbonyl (C=O) groups is 1. The monoisotopic (exact) mass is 295 g/mol. The topological polar surface area (TPSA) is 54.9 Å². The number of rotatable bonds is 2. The van der Waals surface area contributed by atoms with E-state index in [1.165, 1.54) is 0 Å². The summed E-state index contributed by atoms with van der Waals surface area (Å²) in [7, 11) is 0. The van der Waals surface area contributed by atoms with Crippen molar-refractivity contribution in [1.29, 1.82) is 0 Å². The Labute approximate surface area is 120 Å². The summed E-state index contributed by atoms with van der Waals surface area (Å²) in [5, 5.41) is 2.82. The van der Waals surface area contributed by atoms with Gasteiger partial charge in [0.1, 0.15) is 4.33 Å². The van der Waals surface area contributed by atoms with Crippen LogP contribution < -0.4 is 5.32 Å². The van der Waals surface area contributed by atoms with E-state index in [-0.39, 0.29) is 5.91 Å². The number of hydrogen-bond acceptors (Lipinski definition) is 3. The van der Waals surface area contributed by atoms with E-state index in [1.54, 1.807) is 31.5 Å². The van der Waals surface area contributed by atoms with E-state index in [9.17, 15) is 4.79 Å². The molecule has 0 saturated heterocycles. The molecule has 2 aromatic rings. The van der Waals surface area contributed by atoms with Gasteiger partial charge in [0.05, 0.1) is 16.4 Å². The minimum Gasteiger partial charge on any atom is -0.325 e. The number of benzene rings is 1. The minimum atomic E-state index is -0.965.